The van der Waals surface area contributed by atoms with Gasteiger partial charge >= 0.3 is 0 Å². The van der Waals surface area contributed by atoms with Crippen LogP contribution in [0.3, 0.4) is 0 Å². The van der Waals surface area contributed by atoms with Gasteiger partial charge in [-0.25, -0.2) is 0 Å². The van der Waals surface area contributed by atoms with Crippen molar-refractivity contribution in [2.75, 3.05) is 11.9 Å². The van der Waals surface area contributed by atoms with E-state index in [4.69, 9.17) is 0 Å². The lowest BCUT2D eigenvalue weighted by Crippen LogP contribution is -2.21. The van der Waals surface area contributed by atoms with Gasteiger partial charge in [-0.1, -0.05) is 51.3 Å². The van der Waals surface area contributed by atoms with Crippen LogP contribution >= 0.6 is 0 Å². The quantitative estimate of drug-likeness (QED) is 0.615. The van der Waals surface area contributed by atoms with E-state index in [0.29, 0.717) is 6.42 Å². The molecule has 1 aromatic rings. The normalized spacial score (nSPS) is 12.1. The van der Waals surface area contributed by atoms with E-state index in [2.05, 4.69) is 37.5 Å². The van der Waals surface area contributed by atoms with Gasteiger partial charge in [-0.05, 0) is 37.9 Å². The second kappa shape index (κ2) is 10.4. The molecular weight excluding hydrogens is 260 g/mol. The van der Waals surface area contributed by atoms with Crippen molar-refractivity contribution in [3.05, 3.63) is 29.8 Å². The van der Waals surface area contributed by atoms with Gasteiger partial charge in [-0.15, -0.1) is 0 Å². The maximum atomic E-state index is 12.0. The second-order valence-corrected chi connectivity index (χ2v) is 5.62. The Bertz CT molecular complexity index is 417. The molecule has 0 aliphatic heterocycles. The summed E-state index contributed by atoms with van der Waals surface area (Å²) in [6, 6.07) is 8.32. The van der Waals surface area contributed by atoms with Crippen molar-refractivity contribution in [3.8, 4) is 0 Å². The first-order chi connectivity index (χ1) is 10.2. The zero-order chi connectivity index (χ0) is 15.5. The summed E-state index contributed by atoms with van der Waals surface area (Å²) in [6.45, 7) is 7.47. The van der Waals surface area contributed by atoms with Crippen LogP contribution in [0.5, 0.6) is 0 Å². The lowest BCUT2D eigenvalue weighted by molar-refractivity contribution is -0.116. The van der Waals surface area contributed by atoms with Crippen molar-refractivity contribution in [1.29, 1.82) is 0 Å². The number of nitrogens with one attached hydrogen (secondary N) is 2. The molecule has 0 aliphatic rings. The summed E-state index contributed by atoms with van der Waals surface area (Å²) in [7, 11) is 0. The SMILES string of the molecule is CCCCCCC(=O)Nc1ccccc1C(C)NCCC. The van der Waals surface area contributed by atoms with Gasteiger partial charge in [0.1, 0.15) is 0 Å². The van der Waals surface area contributed by atoms with E-state index in [1.807, 2.05) is 18.2 Å². The van der Waals surface area contributed by atoms with Crippen LogP contribution in [0.2, 0.25) is 0 Å². The molecule has 0 saturated heterocycles. The molecule has 0 aliphatic carbocycles. The fourth-order valence-corrected chi connectivity index (χ4v) is 2.38. The van der Waals surface area contributed by atoms with Crippen molar-refractivity contribution in [1.82, 2.24) is 5.32 Å². The fourth-order valence-electron chi connectivity index (χ4n) is 2.38. The van der Waals surface area contributed by atoms with Crippen molar-refractivity contribution in [2.45, 2.75) is 65.3 Å². The van der Waals surface area contributed by atoms with Crippen LogP contribution < -0.4 is 10.6 Å². The number of benzene rings is 1. The third-order valence-electron chi connectivity index (χ3n) is 3.66. The topological polar surface area (TPSA) is 41.1 Å². The standard InChI is InChI=1S/C18H30N2O/c1-4-6-7-8-13-18(21)20-17-12-10-9-11-16(17)15(3)19-14-5-2/h9-12,15,19H,4-8,13-14H2,1-3H3,(H,20,21). The Morgan fingerprint density at radius 3 is 2.57 bits per heavy atom. The molecule has 0 heterocycles. The van der Waals surface area contributed by atoms with E-state index in [9.17, 15) is 4.79 Å². The number of para-hydroxylation sites is 1. The van der Waals surface area contributed by atoms with Crippen molar-refractivity contribution in [2.24, 2.45) is 0 Å². The Labute approximate surface area is 129 Å². The molecule has 0 aromatic heterocycles. The van der Waals surface area contributed by atoms with E-state index in [0.717, 1.165) is 37.1 Å². The van der Waals surface area contributed by atoms with Gasteiger partial charge in [0.15, 0.2) is 0 Å². The monoisotopic (exact) mass is 290 g/mol. The summed E-state index contributed by atoms with van der Waals surface area (Å²) < 4.78 is 0. The molecular formula is C18H30N2O. The summed E-state index contributed by atoms with van der Waals surface area (Å²) >= 11 is 0. The number of hydrogen-bond donors (Lipinski definition) is 2. The zero-order valence-corrected chi connectivity index (χ0v) is 13.7. The third-order valence-corrected chi connectivity index (χ3v) is 3.66. The van der Waals surface area contributed by atoms with Crippen molar-refractivity contribution >= 4 is 11.6 Å². The highest BCUT2D eigenvalue weighted by Crippen LogP contribution is 2.22. The van der Waals surface area contributed by atoms with E-state index < -0.39 is 0 Å². The molecule has 0 fully saturated rings. The first-order valence-electron chi connectivity index (χ1n) is 8.31. The summed E-state index contributed by atoms with van der Waals surface area (Å²) in [4.78, 5) is 12.0. The maximum Gasteiger partial charge on any atom is 0.224 e. The van der Waals surface area contributed by atoms with Crippen LogP contribution in [0.1, 0.15) is 70.9 Å². The highest BCUT2D eigenvalue weighted by atomic mass is 16.1. The Hall–Kier alpha value is -1.35. The lowest BCUT2D eigenvalue weighted by Gasteiger charge is -2.18. The Morgan fingerprint density at radius 1 is 1.10 bits per heavy atom. The smallest absolute Gasteiger partial charge is 0.224 e. The molecule has 1 aromatic carbocycles. The van der Waals surface area contributed by atoms with E-state index >= 15 is 0 Å². The lowest BCUT2D eigenvalue weighted by atomic mass is 10.1. The molecule has 2 N–H and O–H groups in total. The molecule has 1 unspecified atom stereocenters. The van der Waals surface area contributed by atoms with Crippen LogP contribution in [-0.4, -0.2) is 12.5 Å². The number of amides is 1. The molecule has 0 spiro atoms. The Morgan fingerprint density at radius 2 is 1.86 bits per heavy atom. The average molecular weight is 290 g/mol. The Kier molecular flexibility index (Phi) is 8.76. The fraction of sp³-hybridized carbons (Fsp3) is 0.611. The Balaban J connectivity index is 2.55. The van der Waals surface area contributed by atoms with Crippen molar-refractivity contribution < 1.29 is 4.79 Å². The van der Waals surface area contributed by atoms with E-state index in [-0.39, 0.29) is 11.9 Å². The highest BCUT2D eigenvalue weighted by molar-refractivity contribution is 5.91. The minimum atomic E-state index is 0.126. The van der Waals surface area contributed by atoms with E-state index in [1.165, 1.54) is 12.8 Å². The summed E-state index contributed by atoms with van der Waals surface area (Å²) in [5.41, 5.74) is 2.10. The van der Waals surface area contributed by atoms with Gasteiger partial charge in [0.05, 0.1) is 0 Å². The van der Waals surface area contributed by atoms with Crippen LogP contribution in [0.25, 0.3) is 0 Å². The number of carbonyl (C=O) groups is 1. The highest BCUT2D eigenvalue weighted by Gasteiger charge is 2.11. The molecule has 3 nitrogen and oxygen atoms in total. The van der Waals surface area contributed by atoms with Crippen LogP contribution in [0.4, 0.5) is 5.69 Å². The summed E-state index contributed by atoms with van der Waals surface area (Å²) in [6.07, 6.45) is 6.25. The van der Waals surface area contributed by atoms with E-state index in [1.54, 1.807) is 0 Å². The molecule has 3 heteroatoms. The third kappa shape index (κ3) is 6.76. The van der Waals surface area contributed by atoms with Crippen LogP contribution in [0.15, 0.2) is 24.3 Å². The molecule has 0 radical (unpaired) electrons. The van der Waals surface area contributed by atoms with Crippen molar-refractivity contribution in [3.63, 3.8) is 0 Å². The maximum absolute atomic E-state index is 12.0. The average Bonchev–Trinajstić information content (AvgIpc) is 2.50. The predicted octanol–water partition coefficient (Wildman–Crippen LogP) is 4.66. The summed E-state index contributed by atoms with van der Waals surface area (Å²) in [5, 5.41) is 6.54. The number of hydrogen-bond acceptors (Lipinski definition) is 2. The van der Waals surface area contributed by atoms with Gasteiger partial charge < -0.3 is 10.6 Å². The first kappa shape index (κ1) is 17.7. The minimum absolute atomic E-state index is 0.126. The minimum Gasteiger partial charge on any atom is -0.326 e. The molecule has 21 heavy (non-hydrogen) atoms. The molecule has 1 amide bonds. The second-order valence-electron chi connectivity index (χ2n) is 5.62. The predicted molar refractivity (Wildman–Crippen MR) is 90.5 cm³/mol. The molecule has 118 valence electrons. The number of unbranched alkanes of at least 4 members (excludes halogenated alkanes) is 3. The molecule has 1 rings (SSSR count). The van der Waals surface area contributed by atoms with Gasteiger partial charge in [-0.3, -0.25) is 4.79 Å². The first-order valence-corrected chi connectivity index (χ1v) is 8.31. The largest absolute Gasteiger partial charge is 0.326 e. The molecule has 1 atom stereocenters. The molecule has 0 bridgehead atoms. The van der Waals surface area contributed by atoms with Crippen LogP contribution in [0, 0.1) is 0 Å². The van der Waals surface area contributed by atoms with Gasteiger partial charge in [-0.2, -0.15) is 0 Å². The van der Waals surface area contributed by atoms with Crippen LogP contribution in [-0.2, 0) is 4.79 Å². The molecule has 0 saturated carbocycles. The number of anilines is 1. The van der Waals surface area contributed by atoms with Gasteiger partial charge in [0.25, 0.3) is 0 Å². The number of rotatable bonds is 10. The van der Waals surface area contributed by atoms with Gasteiger partial charge in [0.2, 0.25) is 5.91 Å². The number of carbonyl (C=O) groups excluding carboxylic acids is 1. The zero-order valence-electron chi connectivity index (χ0n) is 13.7. The summed E-state index contributed by atoms with van der Waals surface area (Å²) in [5.74, 6) is 0.126. The van der Waals surface area contributed by atoms with Gasteiger partial charge in [0, 0.05) is 18.2 Å².